The standard InChI is InChI=1S/C14H16N6S/c1-2-10-7-11-13(19-9-20-14(11)21-10)18-6-5-17-12-8-15-3-4-16-12/h3-4,7-9H,2,5-6H2,1H3,(H,16,17)(H,18,19,20). The number of aromatic nitrogens is 4. The van der Waals surface area contributed by atoms with Crippen molar-refractivity contribution in [3.63, 3.8) is 0 Å². The third-order valence-corrected chi connectivity index (χ3v) is 4.20. The molecule has 0 spiro atoms. The number of rotatable bonds is 6. The Labute approximate surface area is 126 Å². The molecule has 7 heteroatoms. The highest BCUT2D eigenvalue weighted by Gasteiger charge is 2.07. The van der Waals surface area contributed by atoms with E-state index in [0.717, 1.165) is 41.4 Å². The summed E-state index contributed by atoms with van der Waals surface area (Å²) >= 11 is 1.72. The lowest BCUT2D eigenvalue weighted by atomic mass is 10.3. The van der Waals surface area contributed by atoms with Gasteiger partial charge in [0.25, 0.3) is 0 Å². The largest absolute Gasteiger partial charge is 0.368 e. The van der Waals surface area contributed by atoms with Crippen molar-refractivity contribution >= 4 is 33.2 Å². The molecule has 0 aliphatic heterocycles. The lowest BCUT2D eigenvalue weighted by Crippen LogP contribution is -2.15. The molecule has 0 fully saturated rings. The molecule has 0 amide bonds. The van der Waals surface area contributed by atoms with Gasteiger partial charge in [0.1, 0.15) is 22.8 Å². The van der Waals surface area contributed by atoms with Gasteiger partial charge in [-0.15, -0.1) is 11.3 Å². The van der Waals surface area contributed by atoms with Gasteiger partial charge >= 0.3 is 0 Å². The third kappa shape index (κ3) is 3.25. The molecule has 0 unspecified atom stereocenters. The quantitative estimate of drug-likeness (QED) is 0.681. The highest BCUT2D eigenvalue weighted by molar-refractivity contribution is 7.18. The predicted octanol–water partition coefficient (Wildman–Crippen LogP) is 2.57. The maximum Gasteiger partial charge on any atom is 0.144 e. The van der Waals surface area contributed by atoms with E-state index < -0.39 is 0 Å². The van der Waals surface area contributed by atoms with Crippen LogP contribution in [0.2, 0.25) is 0 Å². The molecular formula is C14H16N6S. The number of nitrogens with zero attached hydrogens (tertiary/aromatic N) is 4. The molecule has 0 aromatic carbocycles. The van der Waals surface area contributed by atoms with E-state index in [-0.39, 0.29) is 0 Å². The van der Waals surface area contributed by atoms with Crippen molar-refractivity contribution in [2.24, 2.45) is 0 Å². The third-order valence-electron chi connectivity index (χ3n) is 3.02. The second kappa shape index (κ2) is 6.45. The van der Waals surface area contributed by atoms with Gasteiger partial charge in [-0.25, -0.2) is 15.0 Å². The smallest absolute Gasteiger partial charge is 0.144 e. The minimum absolute atomic E-state index is 0.745. The lowest BCUT2D eigenvalue weighted by Gasteiger charge is -2.07. The first-order chi connectivity index (χ1) is 10.4. The van der Waals surface area contributed by atoms with Crippen molar-refractivity contribution in [1.82, 2.24) is 19.9 Å². The summed E-state index contributed by atoms with van der Waals surface area (Å²) in [7, 11) is 0. The number of aryl methyl sites for hydroxylation is 1. The van der Waals surface area contributed by atoms with E-state index in [4.69, 9.17) is 0 Å². The zero-order valence-corrected chi connectivity index (χ0v) is 12.5. The Balaban J connectivity index is 1.61. The van der Waals surface area contributed by atoms with Gasteiger partial charge in [0.05, 0.1) is 11.6 Å². The van der Waals surface area contributed by atoms with Crippen molar-refractivity contribution < 1.29 is 0 Å². The molecule has 21 heavy (non-hydrogen) atoms. The summed E-state index contributed by atoms with van der Waals surface area (Å²) in [6, 6.07) is 2.17. The highest BCUT2D eigenvalue weighted by atomic mass is 32.1. The fourth-order valence-electron chi connectivity index (χ4n) is 1.98. The second-order valence-corrected chi connectivity index (χ2v) is 5.57. The van der Waals surface area contributed by atoms with Gasteiger partial charge < -0.3 is 10.6 Å². The van der Waals surface area contributed by atoms with Crippen LogP contribution in [0.4, 0.5) is 11.6 Å². The SMILES string of the molecule is CCc1cc2c(NCCNc3cnccn3)ncnc2s1. The molecule has 2 N–H and O–H groups in total. The molecule has 108 valence electrons. The van der Waals surface area contributed by atoms with Gasteiger partial charge in [-0.05, 0) is 12.5 Å². The monoisotopic (exact) mass is 300 g/mol. The maximum atomic E-state index is 4.33. The summed E-state index contributed by atoms with van der Waals surface area (Å²) in [6.07, 6.45) is 7.66. The number of hydrogen-bond donors (Lipinski definition) is 2. The van der Waals surface area contributed by atoms with E-state index >= 15 is 0 Å². The van der Waals surface area contributed by atoms with E-state index in [1.807, 2.05) is 0 Å². The first-order valence-electron chi connectivity index (χ1n) is 6.84. The molecular weight excluding hydrogens is 284 g/mol. The number of fused-ring (bicyclic) bond motifs is 1. The van der Waals surface area contributed by atoms with Crippen LogP contribution in [-0.4, -0.2) is 33.0 Å². The normalized spacial score (nSPS) is 10.7. The molecule has 6 nitrogen and oxygen atoms in total. The molecule has 0 atom stereocenters. The minimum Gasteiger partial charge on any atom is -0.368 e. The molecule has 0 saturated heterocycles. The minimum atomic E-state index is 0.745. The van der Waals surface area contributed by atoms with Crippen molar-refractivity contribution in [3.05, 3.63) is 35.9 Å². The second-order valence-electron chi connectivity index (χ2n) is 4.45. The Morgan fingerprint density at radius 1 is 1.10 bits per heavy atom. The maximum absolute atomic E-state index is 4.33. The van der Waals surface area contributed by atoms with E-state index in [9.17, 15) is 0 Å². The van der Waals surface area contributed by atoms with Gasteiger partial charge in [0, 0.05) is 30.4 Å². The van der Waals surface area contributed by atoms with E-state index in [1.165, 1.54) is 4.88 Å². The Kier molecular flexibility index (Phi) is 4.20. The fourth-order valence-corrected chi connectivity index (χ4v) is 2.92. The molecule has 0 saturated carbocycles. The summed E-state index contributed by atoms with van der Waals surface area (Å²) in [5.41, 5.74) is 0. The molecule has 3 heterocycles. The van der Waals surface area contributed by atoms with Gasteiger partial charge in [0.15, 0.2) is 0 Å². The van der Waals surface area contributed by atoms with Crippen LogP contribution in [-0.2, 0) is 6.42 Å². The number of nitrogens with one attached hydrogen (secondary N) is 2. The first-order valence-corrected chi connectivity index (χ1v) is 7.65. The summed E-state index contributed by atoms with van der Waals surface area (Å²) < 4.78 is 0. The van der Waals surface area contributed by atoms with Crippen molar-refractivity contribution in [3.8, 4) is 0 Å². The van der Waals surface area contributed by atoms with Gasteiger partial charge in [-0.2, -0.15) is 0 Å². The van der Waals surface area contributed by atoms with E-state index in [0.29, 0.717) is 0 Å². The summed E-state index contributed by atoms with van der Waals surface area (Å²) in [5, 5.41) is 7.64. The number of hydrogen-bond acceptors (Lipinski definition) is 7. The Hall–Kier alpha value is -2.28. The van der Waals surface area contributed by atoms with Crippen LogP contribution < -0.4 is 10.6 Å². The highest BCUT2D eigenvalue weighted by Crippen LogP contribution is 2.28. The molecule has 0 bridgehead atoms. The fraction of sp³-hybridized carbons (Fsp3) is 0.286. The van der Waals surface area contributed by atoms with Crippen molar-refractivity contribution in [1.29, 1.82) is 0 Å². The Bertz CT molecular complexity index is 712. The molecule has 3 aromatic heterocycles. The average Bonchev–Trinajstić information content (AvgIpc) is 2.96. The average molecular weight is 300 g/mol. The van der Waals surface area contributed by atoms with Crippen molar-refractivity contribution in [2.45, 2.75) is 13.3 Å². The van der Waals surface area contributed by atoms with Crippen molar-refractivity contribution in [2.75, 3.05) is 23.7 Å². The van der Waals surface area contributed by atoms with Gasteiger partial charge in [-0.3, -0.25) is 4.98 Å². The summed E-state index contributed by atoms with van der Waals surface area (Å²) in [4.78, 5) is 19.2. The predicted molar refractivity (Wildman–Crippen MR) is 85.8 cm³/mol. The zero-order chi connectivity index (χ0) is 14.5. The Morgan fingerprint density at radius 3 is 2.81 bits per heavy atom. The molecule has 0 aliphatic rings. The van der Waals surface area contributed by atoms with Gasteiger partial charge in [-0.1, -0.05) is 6.92 Å². The topological polar surface area (TPSA) is 75.6 Å². The van der Waals surface area contributed by atoms with Crippen LogP contribution in [0.25, 0.3) is 10.2 Å². The van der Waals surface area contributed by atoms with Crippen LogP contribution in [0, 0.1) is 0 Å². The molecule has 3 aromatic rings. The number of thiophene rings is 1. The first kappa shape index (κ1) is 13.7. The van der Waals surface area contributed by atoms with Crippen LogP contribution >= 0.6 is 11.3 Å². The lowest BCUT2D eigenvalue weighted by molar-refractivity contribution is 1.03. The molecule has 3 rings (SSSR count). The van der Waals surface area contributed by atoms with E-state index in [1.54, 1.807) is 36.3 Å². The van der Waals surface area contributed by atoms with Gasteiger partial charge in [0.2, 0.25) is 0 Å². The van der Waals surface area contributed by atoms with Crippen LogP contribution in [0.15, 0.2) is 31.0 Å². The van der Waals surface area contributed by atoms with Crippen LogP contribution in [0.3, 0.4) is 0 Å². The van der Waals surface area contributed by atoms with E-state index in [2.05, 4.69) is 43.6 Å². The Morgan fingerprint density at radius 2 is 2.00 bits per heavy atom. The van der Waals surface area contributed by atoms with Crippen LogP contribution in [0.1, 0.15) is 11.8 Å². The number of anilines is 2. The molecule has 0 radical (unpaired) electrons. The summed E-state index contributed by atoms with van der Waals surface area (Å²) in [6.45, 7) is 3.64. The summed E-state index contributed by atoms with van der Waals surface area (Å²) in [5.74, 6) is 1.66. The zero-order valence-electron chi connectivity index (χ0n) is 11.7. The van der Waals surface area contributed by atoms with Crippen LogP contribution in [0.5, 0.6) is 0 Å². The molecule has 0 aliphatic carbocycles.